The Morgan fingerprint density at radius 2 is 1.69 bits per heavy atom. The number of amides is 4. The third-order valence-electron chi connectivity index (χ3n) is 4.90. The first kappa shape index (κ1) is 20.9. The summed E-state index contributed by atoms with van der Waals surface area (Å²) in [6.07, 6.45) is 1.41. The van der Waals surface area contributed by atoms with Crippen molar-refractivity contribution in [3.8, 4) is 11.5 Å². The summed E-state index contributed by atoms with van der Waals surface area (Å²) < 4.78 is 5.83. The summed E-state index contributed by atoms with van der Waals surface area (Å²) in [5.74, 6) is -0.959. The molecule has 2 N–H and O–H groups in total. The summed E-state index contributed by atoms with van der Waals surface area (Å²) in [5, 5.41) is 11.6. The van der Waals surface area contributed by atoms with E-state index in [0.29, 0.717) is 17.9 Å². The van der Waals surface area contributed by atoms with Crippen molar-refractivity contribution in [2.45, 2.75) is 13.5 Å². The molecule has 0 aromatic heterocycles. The molecule has 0 bridgehead atoms. The predicted octanol–water partition coefficient (Wildman–Crippen LogP) is 3.95. The summed E-state index contributed by atoms with van der Waals surface area (Å²) in [6.45, 7) is 2.39. The second-order valence-electron chi connectivity index (χ2n) is 7.32. The lowest BCUT2D eigenvalue weighted by Gasteiger charge is -2.26. The van der Waals surface area contributed by atoms with Crippen molar-refractivity contribution < 1.29 is 24.2 Å². The number of anilines is 1. The van der Waals surface area contributed by atoms with Crippen molar-refractivity contribution in [1.29, 1.82) is 0 Å². The van der Waals surface area contributed by atoms with Crippen LogP contribution >= 0.6 is 0 Å². The lowest BCUT2D eigenvalue weighted by atomic mass is 10.1. The number of urea groups is 1. The van der Waals surface area contributed by atoms with Crippen molar-refractivity contribution in [1.82, 2.24) is 5.32 Å². The molecule has 4 amide bonds. The van der Waals surface area contributed by atoms with Gasteiger partial charge in [0.1, 0.15) is 23.7 Å². The molecule has 7 nitrogen and oxygen atoms in total. The van der Waals surface area contributed by atoms with E-state index in [-0.39, 0.29) is 17.0 Å². The van der Waals surface area contributed by atoms with Crippen LogP contribution in [0.1, 0.15) is 16.7 Å². The first-order valence-corrected chi connectivity index (χ1v) is 9.89. The molecule has 0 radical (unpaired) electrons. The lowest BCUT2D eigenvalue weighted by molar-refractivity contribution is -0.122. The van der Waals surface area contributed by atoms with Crippen LogP contribution in [0.3, 0.4) is 0 Å². The zero-order valence-electron chi connectivity index (χ0n) is 17.2. The van der Waals surface area contributed by atoms with E-state index in [0.717, 1.165) is 16.0 Å². The number of carbonyl (C=O) groups excluding carboxylic acids is 3. The number of aromatic hydroxyl groups is 1. The van der Waals surface area contributed by atoms with Gasteiger partial charge < -0.3 is 9.84 Å². The van der Waals surface area contributed by atoms with Crippen molar-refractivity contribution in [2.75, 3.05) is 4.90 Å². The average molecular weight is 428 g/mol. The van der Waals surface area contributed by atoms with E-state index in [2.05, 4.69) is 5.32 Å². The van der Waals surface area contributed by atoms with E-state index in [1.807, 2.05) is 31.2 Å². The van der Waals surface area contributed by atoms with E-state index < -0.39 is 17.8 Å². The highest BCUT2D eigenvalue weighted by atomic mass is 16.5. The highest BCUT2D eigenvalue weighted by Gasteiger charge is 2.36. The molecule has 1 fully saturated rings. The minimum atomic E-state index is -0.849. The maximum absolute atomic E-state index is 12.9. The van der Waals surface area contributed by atoms with Gasteiger partial charge in [-0.3, -0.25) is 14.9 Å². The third kappa shape index (κ3) is 4.52. The van der Waals surface area contributed by atoms with Crippen LogP contribution in [0.2, 0.25) is 0 Å². The van der Waals surface area contributed by atoms with Gasteiger partial charge in [-0.25, -0.2) is 9.69 Å². The van der Waals surface area contributed by atoms with Gasteiger partial charge in [-0.05, 0) is 60.5 Å². The van der Waals surface area contributed by atoms with Crippen LogP contribution in [-0.2, 0) is 16.2 Å². The summed E-state index contributed by atoms with van der Waals surface area (Å²) in [6, 6.07) is 19.7. The summed E-state index contributed by atoms with van der Waals surface area (Å²) in [4.78, 5) is 38.4. The van der Waals surface area contributed by atoms with Gasteiger partial charge in [-0.1, -0.05) is 42.0 Å². The van der Waals surface area contributed by atoms with Gasteiger partial charge in [-0.15, -0.1) is 0 Å². The number of imide groups is 2. The number of phenols is 1. The first-order chi connectivity index (χ1) is 15.4. The van der Waals surface area contributed by atoms with E-state index in [1.54, 1.807) is 24.3 Å². The van der Waals surface area contributed by atoms with E-state index >= 15 is 0 Å². The Kier molecular flexibility index (Phi) is 5.72. The van der Waals surface area contributed by atoms with E-state index in [4.69, 9.17) is 4.74 Å². The van der Waals surface area contributed by atoms with Crippen LogP contribution in [0, 0.1) is 6.92 Å². The standard InChI is InChI=1S/C25H20N2O5/c1-16-5-7-17(8-6-16)15-32-21-4-2-3-18(13-21)14-22-23(29)26-25(31)27(24(22)30)19-9-11-20(28)12-10-19/h2-14,28H,15H2,1H3,(H,26,29,31)/b22-14-. The second-order valence-corrected chi connectivity index (χ2v) is 7.32. The minimum absolute atomic E-state index is 0.00656. The number of nitrogens with one attached hydrogen (secondary N) is 1. The zero-order valence-corrected chi connectivity index (χ0v) is 17.2. The molecule has 1 aliphatic rings. The number of benzene rings is 3. The molecule has 1 heterocycles. The van der Waals surface area contributed by atoms with Crippen molar-refractivity contribution in [2.24, 2.45) is 0 Å². The maximum Gasteiger partial charge on any atom is 0.335 e. The smallest absolute Gasteiger partial charge is 0.335 e. The number of nitrogens with zero attached hydrogens (tertiary/aromatic N) is 1. The van der Waals surface area contributed by atoms with Gasteiger partial charge in [0.25, 0.3) is 11.8 Å². The number of phenolic OH excluding ortho intramolecular Hbond substituents is 1. The molecule has 0 spiro atoms. The van der Waals surface area contributed by atoms with Crippen LogP contribution < -0.4 is 15.0 Å². The monoisotopic (exact) mass is 428 g/mol. The Balaban J connectivity index is 1.56. The molecule has 1 aliphatic heterocycles. The van der Waals surface area contributed by atoms with Crippen molar-refractivity contribution in [3.05, 3.63) is 95.1 Å². The van der Waals surface area contributed by atoms with Gasteiger partial charge >= 0.3 is 6.03 Å². The third-order valence-corrected chi connectivity index (χ3v) is 4.90. The zero-order chi connectivity index (χ0) is 22.7. The lowest BCUT2D eigenvalue weighted by Crippen LogP contribution is -2.54. The number of carbonyl (C=O) groups is 3. The van der Waals surface area contributed by atoms with Crippen LogP contribution in [0.5, 0.6) is 11.5 Å². The van der Waals surface area contributed by atoms with Crippen LogP contribution in [0.15, 0.2) is 78.4 Å². The normalized spacial score (nSPS) is 15.1. The number of hydrogen-bond donors (Lipinski definition) is 2. The number of aryl methyl sites for hydroxylation is 1. The maximum atomic E-state index is 12.9. The van der Waals surface area contributed by atoms with Crippen LogP contribution in [0.25, 0.3) is 6.08 Å². The number of hydrogen-bond acceptors (Lipinski definition) is 5. The Bertz CT molecular complexity index is 1210. The Morgan fingerprint density at radius 3 is 2.41 bits per heavy atom. The van der Waals surface area contributed by atoms with Crippen molar-refractivity contribution in [3.63, 3.8) is 0 Å². The minimum Gasteiger partial charge on any atom is -0.508 e. The van der Waals surface area contributed by atoms with Gasteiger partial charge in [0.15, 0.2) is 0 Å². The Labute approximate surface area is 184 Å². The molecule has 0 aliphatic carbocycles. The predicted molar refractivity (Wildman–Crippen MR) is 119 cm³/mol. The number of ether oxygens (including phenoxy) is 1. The molecule has 1 saturated heterocycles. The summed E-state index contributed by atoms with van der Waals surface area (Å²) >= 11 is 0. The van der Waals surface area contributed by atoms with Crippen molar-refractivity contribution >= 4 is 29.6 Å². The highest BCUT2D eigenvalue weighted by molar-refractivity contribution is 6.39. The molecule has 0 atom stereocenters. The topological polar surface area (TPSA) is 95.9 Å². The molecule has 3 aromatic carbocycles. The molecular weight excluding hydrogens is 408 g/mol. The first-order valence-electron chi connectivity index (χ1n) is 9.89. The van der Waals surface area contributed by atoms with Crippen LogP contribution in [0.4, 0.5) is 10.5 Å². The summed E-state index contributed by atoms with van der Waals surface area (Å²) in [5.41, 5.74) is 2.80. The van der Waals surface area contributed by atoms with E-state index in [9.17, 15) is 19.5 Å². The van der Waals surface area contributed by atoms with Gasteiger partial charge in [0.2, 0.25) is 0 Å². The summed E-state index contributed by atoms with van der Waals surface area (Å²) in [7, 11) is 0. The Hall–Kier alpha value is -4.39. The molecule has 32 heavy (non-hydrogen) atoms. The fraction of sp³-hybridized carbons (Fsp3) is 0.0800. The average Bonchev–Trinajstić information content (AvgIpc) is 2.78. The van der Waals surface area contributed by atoms with Gasteiger partial charge in [-0.2, -0.15) is 0 Å². The number of rotatable bonds is 5. The van der Waals surface area contributed by atoms with E-state index in [1.165, 1.54) is 30.3 Å². The SMILES string of the molecule is Cc1ccc(COc2cccc(/C=C3/C(=O)NC(=O)N(c4ccc(O)cc4)C3=O)c2)cc1. The van der Waals surface area contributed by atoms with Crippen LogP contribution in [-0.4, -0.2) is 23.0 Å². The quantitative estimate of drug-likeness (QED) is 0.474. The van der Waals surface area contributed by atoms with Gasteiger partial charge in [0.05, 0.1) is 5.69 Å². The largest absolute Gasteiger partial charge is 0.508 e. The molecule has 7 heteroatoms. The Morgan fingerprint density at radius 1 is 0.969 bits per heavy atom. The molecule has 4 rings (SSSR count). The van der Waals surface area contributed by atoms with Gasteiger partial charge in [0, 0.05) is 0 Å². The number of barbiturate groups is 1. The molecular formula is C25H20N2O5. The fourth-order valence-corrected chi connectivity index (χ4v) is 3.21. The second kappa shape index (κ2) is 8.77. The fourth-order valence-electron chi connectivity index (χ4n) is 3.21. The molecule has 160 valence electrons. The molecule has 3 aromatic rings. The molecule has 0 unspecified atom stereocenters. The highest BCUT2D eigenvalue weighted by Crippen LogP contribution is 2.24. The molecule has 0 saturated carbocycles.